The molecule has 4 nitrogen and oxygen atoms in total. The molecule has 2 heterocycles. The van der Waals surface area contributed by atoms with Gasteiger partial charge in [0.1, 0.15) is 0 Å². The van der Waals surface area contributed by atoms with Gasteiger partial charge in [0.25, 0.3) is 0 Å². The Kier molecular flexibility index (Phi) is 9.28. The van der Waals surface area contributed by atoms with Gasteiger partial charge in [-0.15, -0.1) is 0 Å². The standard InChI is InChI=1S/C12H24Cl2N4.Fe/c13-17-5-1-3-15-7-8-16(10-11-17)4-2-6-18(14)12-9-15;/h1-12H2;/q;+2. The number of nitrogens with zero attached hydrogens (tertiary/aromatic N) is 4. The van der Waals surface area contributed by atoms with Gasteiger partial charge < -0.3 is 9.80 Å². The molecule has 0 aliphatic carbocycles. The average molecular weight is 351 g/mol. The van der Waals surface area contributed by atoms with Crippen LogP contribution >= 0.6 is 23.6 Å². The van der Waals surface area contributed by atoms with E-state index in [0.717, 1.165) is 78.3 Å². The van der Waals surface area contributed by atoms with E-state index in [2.05, 4.69) is 9.80 Å². The zero-order valence-corrected chi connectivity index (χ0v) is 14.0. The third-order valence-electron chi connectivity index (χ3n) is 3.80. The molecule has 112 valence electrons. The van der Waals surface area contributed by atoms with Gasteiger partial charge in [-0.2, -0.15) is 0 Å². The second-order valence-corrected chi connectivity index (χ2v) is 6.17. The monoisotopic (exact) mass is 350 g/mol. The molecule has 0 aromatic rings. The fourth-order valence-electron chi connectivity index (χ4n) is 2.61. The van der Waals surface area contributed by atoms with Crippen LogP contribution < -0.4 is 0 Å². The zero-order chi connectivity index (χ0) is 12.8. The van der Waals surface area contributed by atoms with Gasteiger partial charge in [0.2, 0.25) is 0 Å². The molecular weight excluding hydrogens is 327 g/mol. The topological polar surface area (TPSA) is 13.0 Å². The molecule has 0 amide bonds. The van der Waals surface area contributed by atoms with Gasteiger partial charge in [-0.1, -0.05) is 0 Å². The maximum Gasteiger partial charge on any atom is 2.00 e. The molecule has 2 fully saturated rings. The summed E-state index contributed by atoms with van der Waals surface area (Å²) in [5, 5.41) is 0. The first kappa shape index (κ1) is 18.0. The molecule has 19 heavy (non-hydrogen) atoms. The third-order valence-corrected chi connectivity index (χ3v) is 4.48. The van der Waals surface area contributed by atoms with Crippen molar-refractivity contribution in [2.24, 2.45) is 0 Å². The van der Waals surface area contributed by atoms with E-state index in [1.807, 2.05) is 8.84 Å². The molecule has 0 radical (unpaired) electrons. The predicted octanol–water partition coefficient (Wildman–Crippen LogP) is 1.31. The van der Waals surface area contributed by atoms with Crippen molar-refractivity contribution in [3.63, 3.8) is 0 Å². The summed E-state index contributed by atoms with van der Waals surface area (Å²) in [5.41, 5.74) is 0. The summed E-state index contributed by atoms with van der Waals surface area (Å²) in [6.07, 6.45) is 2.29. The van der Waals surface area contributed by atoms with Crippen LogP contribution in [0.2, 0.25) is 0 Å². The van der Waals surface area contributed by atoms with E-state index in [4.69, 9.17) is 23.6 Å². The van der Waals surface area contributed by atoms with Gasteiger partial charge in [0.15, 0.2) is 0 Å². The van der Waals surface area contributed by atoms with Crippen molar-refractivity contribution in [1.82, 2.24) is 18.6 Å². The Labute approximate surface area is 137 Å². The minimum atomic E-state index is 0. The zero-order valence-electron chi connectivity index (χ0n) is 11.4. The van der Waals surface area contributed by atoms with Crippen LogP contribution in [0.4, 0.5) is 0 Å². The van der Waals surface area contributed by atoms with Crippen LogP contribution in [0.3, 0.4) is 0 Å². The number of hydrogen-bond donors (Lipinski definition) is 0. The maximum atomic E-state index is 6.21. The molecule has 2 aliphatic rings. The first-order valence-electron chi connectivity index (χ1n) is 7.00. The van der Waals surface area contributed by atoms with Crippen molar-refractivity contribution in [3.05, 3.63) is 0 Å². The fraction of sp³-hybridized carbons (Fsp3) is 1.00. The minimum Gasteiger partial charge on any atom is -0.301 e. The summed E-state index contributed by atoms with van der Waals surface area (Å²) in [5.74, 6) is 0. The first-order chi connectivity index (χ1) is 8.74. The fourth-order valence-corrected chi connectivity index (χ4v) is 3.00. The summed E-state index contributed by atoms with van der Waals surface area (Å²) in [6, 6.07) is 0. The minimum absolute atomic E-state index is 0. The summed E-state index contributed by atoms with van der Waals surface area (Å²) < 4.78 is 3.88. The molecular formula is C12H24Cl2FeN4+2. The molecule has 2 aliphatic heterocycles. The van der Waals surface area contributed by atoms with Crippen molar-refractivity contribution >= 4 is 23.6 Å². The van der Waals surface area contributed by atoms with Crippen molar-refractivity contribution in [2.45, 2.75) is 12.8 Å². The van der Waals surface area contributed by atoms with Crippen LogP contribution in [0.15, 0.2) is 0 Å². The van der Waals surface area contributed by atoms with E-state index in [0.29, 0.717) is 0 Å². The first-order valence-corrected chi connectivity index (χ1v) is 7.68. The Hall–Kier alpha value is 0.939. The largest absolute Gasteiger partial charge is 2.00 e. The normalized spacial score (nSPS) is 32.5. The van der Waals surface area contributed by atoms with E-state index < -0.39 is 0 Å². The van der Waals surface area contributed by atoms with Crippen molar-refractivity contribution < 1.29 is 17.1 Å². The Balaban J connectivity index is 0.00000180. The van der Waals surface area contributed by atoms with E-state index in [1.54, 1.807) is 0 Å². The Morgan fingerprint density at radius 3 is 1.26 bits per heavy atom. The average Bonchev–Trinajstić information content (AvgIpc) is 2.37. The van der Waals surface area contributed by atoms with Gasteiger partial charge in [0, 0.05) is 52.4 Å². The summed E-state index contributed by atoms with van der Waals surface area (Å²) in [6.45, 7) is 10.6. The second kappa shape index (κ2) is 9.80. The van der Waals surface area contributed by atoms with Gasteiger partial charge in [-0.25, -0.2) is 8.84 Å². The van der Waals surface area contributed by atoms with E-state index in [1.165, 1.54) is 0 Å². The van der Waals surface area contributed by atoms with Crippen LogP contribution in [-0.2, 0) is 17.1 Å². The number of fused-ring (bicyclic) bond motifs is 3. The Bertz CT molecular complexity index is 224. The maximum absolute atomic E-state index is 6.21. The Morgan fingerprint density at radius 1 is 0.474 bits per heavy atom. The molecule has 0 N–H and O–H groups in total. The smallest absolute Gasteiger partial charge is 0.301 e. The van der Waals surface area contributed by atoms with Crippen molar-refractivity contribution in [2.75, 3.05) is 65.4 Å². The van der Waals surface area contributed by atoms with Crippen LogP contribution in [0.25, 0.3) is 0 Å². The van der Waals surface area contributed by atoms with Gasteiger partial charge >= 0.3 is 17.1 Å². The van der Waals surface area contributed by atoms with Gasteiger partial charge in [0.05, 0.1) is 0 Å². The number of rotatable bonds is 0. The molecule has 7 heteroatoms. The van der Waals surface area contributed by atoms with E-state index in [-0.39, 0.29) is 17.1 Å². The molecule has 2 bridgehead atoms. The molecule has 2 atom stereocenters. The van der Waals surface area contributed by atoms with Crippen LogP contribution in [0.5, 0.6) is 0 Å². The Morgan fingerprint density at radius 2 is 0.842 bits per heavy atom. The van der Waals surface area contributed by atoms with Gasteiger partial charge in [-0.3, -0.25) is 0 Å². The molecule has 0 aromatic carbocycles. The van der Waals surface area contributed by atoms with Crippen LogP contribution in [-0.4, -0.2) is 84.1 Å². The molecule has 2 saturated heterocycles. The SMILES string of the molecule is ClN1CCCN2CCN(Cl)CCCN(CC1)CC2.[Fe+2]. The number of hydrogen-bond acceptors (Lipinski definition) is 4. The predicted molar refractivity (Wildman–Crippen MR) is 77.0 cm³/mol. The summed E-state index contributed by atoms with van der Waals surface area (Å²) in [4.78, 5) is 5.04. The third kappa shape index (κ3) is 6.96. The quantitative estimate of drug-likeness (QED) is 0.482. The van der Waals surface area contributed by atoms with Gasteiger partial charge in [-0.05, 0) is 49.5 Å². The van der Waals surface area contributed by atoms with Crippen LogP contribution in [0.1, 0.15) is 12.8 Å². The van der Waals surface area contributed by atoms with Crippen LogP contribution in [0, 0.1) is 0 Å². The van der Waals surface area contributed by atoms with Crippen molar-refractivity contribution in [1.29, 1.82) is 0 Å². The van der Waals surface area contributed by atoms with Crippen molar-refractivity contribution in [3.8, 4) is 0 Å². The molecule has 2 rings (SSSR count). The van der Waals surface area contributed by atoms with E-state index >= 15 is 0 Å². The number of halogens is 2. The second-order valence-electron chi connectivity index (χ2n) is 5.21. The molecule has 0 spiro atoms. The molecule has 0 aromatic heterocycles. The summed E-state index contributed by atoms with van der Waals surface area (Å²) >= 11 is 12.4. The van der Waals surface area contributed by atoms with E-state index in [9.17, 15) is 0 Å². The summed E-state index contributed by atoms with van der Waals surface area (Å²) in [7, 11) is 0. The molecule has 2 unspecified atom stereocenters. The molecule has 0 saturated carbocycles.